The third-order valence-electron chi connectivity index (χ3n) is 4.09. The first kappa shape index (κ1) is 16.7. The fourth-order valence-corrected chi connectivity index (χ4v) is 2.72. The van der Waals surface area contributed by atoms with E-state index in [9.17, 15) is 5.11 Å². The van der Waals surface area contributed by atoms with Crippen molar-refractivity contribution >= 4 is 0 Å². The van der Waals surface area contributed by atoms with E-state index in [2.05, 4.69) is 30.4 Å². The third kappa shape index (κ3) is 4.43. The molecule has 1 unspecified atom stereocenters. The quantitative estimate of drug-likeness (QED) is 0.710. The van der Waals surface area contributed by atoms with E-state index in [-0.39, 0.29) is 0 Å². The molecule has 0 aromatic heterocycles. The van der Waals surface area contributed by atoms with Crippen LogP contribution in [0.1, 0.15) is 38.7 Å². The minimum absolute atomic E-state index is 0.709. The van der Waals surface area contributed by atoms with Crippen LogP contribution >= 0.6 is 0 Å². The second-order valence-corrected chi connectivity index (χ2v) is 6.04. The van der Waals surface area contributed by atoms with Gasteiger partial charge in [-0.15, -0.1) is 0 Å². The Kier molecular flexibility index (Phi) is 6.17. The summed E-state index contributed by atoms with van der Waals surface area (Å²) in [6.07, 6.45) is 3.09. The van der Waals surface area contributed by atoms with E-state index in [1.807, 2.05) is 43.3 Å². The minimum atomic E-state index is -0.828. The molecule has 0 fully saturated rings. The lowest BCUT2D eigenvalue weighted by atomic mass is 9.86. The number of nitrogens with one attached hydrogen (secondary N) is 1. The van der Waals surface area contributed by atoms with Crippen molar-refractivity contribution in [3.63, 3.8) is 0 Å². The Morgan fingerprint density at radius 1 is 0.955 bits per heavy atom. The molecule has 0 radical (unpaired) electrons. The van der Waals surface area contributed by atoms with Crippen molar-refractivity contribution < 1.29 is 5.11 Å². The second-order valence-electron chi connectivity index (χ2n) is 6.04. The van der Waals surface area contributed by atoms with Gasteiger partial charge in [0.05, 0.1) is 5.60 Å². The summed E-state index contributed by atoms with van der Waals surface area (Å²) in [5.74, 6) is 0. The molecule has 0 aliphatic carbocycles. The monoisotopic (exact) mass is 297 g/mol. The smallest absolute Gasteiger partial charge is 0.0886 e. The maximum atomic E-state index is 10.9. The lowest BCUT2D eigenvalue weighted by molar-refractivity contribution is 0.0486. The van der Waals surface area contributed by atoms with Gasteiger partial charge in [0.1, 0.15) is 0 Å². The first-order chi connectivity index (χ1) is 10.6. The van der Waals surface area contributed by atoms with E-state index in [1.165, 1.54) is 12.8 Å². The fraction of sp³-hybridized carbons (Fsp3) is 0.400. The van der Waals surface area contributed by atoms with Gasteiger partial charge in [-0.3, -0.25) is 0 Å². The van der Waals surface area contributed by atoms with Gasteiger partial charge in [-0.1, -0.05) is 67.9 Å². The Balaban J connectivity index is 2.13. The molecule has 0 saturated carbocycles. The van der Waals surface area contributed by atoms with Crippen LogP contribution in [0.25, 0.3) is 11.1 Å². The number of unbranched alkanes of at least 4 members (excludes halogenated alkanes) is 1. The Morgan fingerprint density at radius 3 is 2.36 bits per heavy atom. The topological polar surface area (TPSA) is 32.3 Å². The van der Waals surface area contributed by atoms with Crippen LogP contribution in [-0.2, 0) is 5.60 Å². The Labute approximate surface area is 134 Å². The molecule has 0 heterocycles. The predicted molar refractivity (Wildman–Crippen MR) is 93.8 cm³/mol. The predicted octanol–water partition coefficient (Wildman–Crippen LogP) is 4.34. The molecule has 2 N–H and O–H groups in total. The molecule has 1 atom stereocenters. The van der Waals surface area contributed by atoms with Gasteiger partial charge < -0.3 is 10.4 Å². The molecule has 0 spiro atoms. The molecule has 2 heteroatoms. The van der Waals surface area contributed by atoms with Gasteiger partial charge in [-0.2, -0.15) is 0 Å². The highest BCUT2D eigenvalue weighted by Crippen LogP contribution is 2.33. The van der Waals surface area contributed by atoms with Crippen LogP contribution < -0.4 is 5.32 Å². The molecule has 2 aromatic carbocycles. The van der Waals surface area contributed by atoms with Gasteiger partial charge in [0.25, 0.3) is 0 Å². The van der Waals surface area contributed by atoms with Crippen LogP contribution in [-0.4, -0.2) is 18.2 Å². The van der Waals surface area contributed by atoms with E-state index in [0.29, 0.717) is 6.42 Å². The van der Waals surface area contributed by atoms with Crippen LogP contribution in [0.2, 0.25) is 0 Å². The number of hydrogen-bond donors (Lipinski definition) is 2. The summed E-state index contributed by atoms with van der Waals surface area (Å²) in [5, 5.41) is 14.4. The van der Waals surface area contributed by atoms with Crippen LogP contribution in [0.4, 0.5) is 0 Å². The highest BCUT2D eigenvalue weighted by Gasteiger charge is 2.25. The summed E-state index contributed by atoms with van der Waals surface area (Å²) in [6.45, 7) is 5.95. The first-order valence-electron chi connectivity index (χ1n) is 8.23. The van der Waals surface area contributed by atoms with Crippen molar-refractivity contribution in [2.45, 2.75) is 38.7 Å². The molecule has 118 valence electrons. The molecule has 0 bridgehead atoms. The van der Waals surface area contributed by atoms with Crippen LogP contribution in [0.5, 0.6) is 0 Å². The van der Waals surface area contributed by atoms with Crippen LogP contribution in [0.3, 0.4) is 0 Å². The zero-order valence-electron chi connectivity index (χ0n) is 13.7. The second kappa shape index (κ2) is 8.11. The van der Waals surface area contributed by atoms with Crippen molar-refractivity contribution in [1.29, 1.82) is 0 Å². The maximum absolute atomic E-state index is 10.9. The molecule has 0 amide bonds. The molecule has 2 rings (SSSR count). The Hall–Kier alpha value is -1.64. The first-order valence-corrected chi connectivity index (χ1v) is 8.23. The summed E-state index contributed by atoms with van der Waals surface area (Å²) in [7, 11) is 0. The van der Waals surface area contributed by atoms with Gasteiger partial charge >= 0.3 is 0 Å². The van der Waals surface area contributed by atoms with Crippen LogP contribution in [0.15, 0.2) is 54.6 Å². The normalized spacial score (nSPS) is 13.8. The molecule has 2 nitrogen and oxygen atoms in total. The van der Waals surface area contributed by atoms with E-state index in [4.69, 9.17) is 0 Å². The van der Waals surface area contributed by atoms with Crippen molar-refractivity contribution in [3.8, 4) is 11.1 Å². The summed E-state index contributed by atoms with van der Waals surface area (Å²) >= 11 is 0. The standard InChI is InChI=1S/C20H27NO/c1-3-4-15-21-16-14-20(2,22)19-13-9-8-12-18(19)17-10-6-5-7-11-17/h5-13,21-22H,3-4,14-16H2,1-2H3. The molecule has 22 heavy (non-hydrogen) atoms. The lowest BCUT2D eigenvalue weighted by Gasteiger charge is -2.27. The number of hydrogen-bond acceptors (Lipinski definition) is 2. The van der Waals surface area contributed by atoms with Crippen molar-refractivity contribution in [1.82, 2.24) is 5.32 Å². The van der Waals surface area contributed by atoms with Gasteiger partial charge in [0.2, 0.25) is 0 Å². The van der Waals surface area contributed by atoms with Crippen molar-refractivity contribution in [3.05, 3.63) is 60.2 Å². The van der Waals surface area contributed by atoms with Crippen molar-refractivity contribution in [2.24, 2.45) is 0 Å². The average molecular weight is 297 g/mol. The SMILES string of the molecule is CCCCNCCC(C)(O)c1ccccc1-c1ccccc1. The van der Waals surface area contributed by atoms with Gasteiger partial charge in [-0.05, 0) is 49.5 Å². The highest BCUT2D eigenvalue weighted by atomic mass is 16.3. The van der Waals surface area contributed by atoms with Crippen LogP contribution in [0, 0.1) is 0 Å². The number of benzene rings is 2. The van der Waals surface area contributed by atoms with E-state index in [1.54, 1.807) is 0 Å². The molecule has 0 saturated heterocycles. The van der Waals surface area contributed by atoms with Crippen molar-refractivity contribution in [2.75, 3.05) is 13.1 Å². The Morgan fingerprint density at radius 2 is 1.64 bits per heavy atom. The molecule has 2 aromatic rings. The van der Waals surface area contributed by atoms with E-state index in [0.717, 1.165) is 29.8 Å². The lowest BCUT2D eigenvalue weighted by Crippen LogP contribution is -2.28. The summed E-state index contributed by atoms with van der Waals surface area (Å²) in [4.78, 5) is 0. The average Bonchev–Trinajstić information content (AvgIpc) is 2.55. The Bertz CT molecular complexity index is 563. The third-order valence-corrected chi connectivity index (χ3v) is 4.09. The van der Waals surface area contributed by atoms with Gasteiger partial charge in [-0.25, -0.2) is 0 Å². The summed E-state index contributed by atoms with van der Waals surface area (Å²) in [5.41, 5.74) is 2.43. The maximum Gasteiger partial charge on any atom is 0.0886 e. The van der Waals surface area contributed by atoms with E-state index >= 15 is 0 Å². The summed E-state index contributed by atoms with van der Waals surface area (Å²) < 4.78 is 0. The van der Waals surface area contributed by atoms with E-state index < -0.39 is 5.60 Å². The minimum Gasteiger partial charge on any atom is -0.385 e. The van der Waals surface area contributed by atoms with Gasteiger partial charge in [0.15, 0.2) is 0 Å². The molecule has 0 aliphatic rings. The molecular formula is C20H27NO. The molecule has 0 aliphatic heterocycles. The molecular weight excluding hydrogens is 270 g/mol. The largest absolute Gasteiger partial charge is 0.385 e. The fourth-order valence-electron chi connectivity index (χ4n) is 2.72. The number of rotatable bonds is 8. The van der Waals surface area contributed by atoms with Gasteiger partial charge in [0, 0.05) is 0 Å². The number of aliphatic hydroxyl groups is 1. The highest BCUT2D eigenvalue weighted by molar-refractivity contribution is 5.68. The zero-order valence-corrected chi connectivity index (χ0v) is 13.7. The summed E-state index contributed by atoms with van der Waals surface area (Å²) in [6, 6.07) is 18.4. The zero-order chi connectivity index (χ0) is 15.8.